The van der Waals surface area contributed by atoms with Crippen molar-refractivity contribution < 1.29 is 9.63 Å². The molecule has 0 spiro atoms. The maximum Gasteiger partial charge on any atom is 0.232 e. The third-order valence-electron chi connectivity index (χ3n) is 2.57. The van der Waals surface area contributed by atoms with Crippen molar-refractivity contribution in [3.05, 3.63) is 21.8 Å². The summed E-state index contributed by atoms with van der Waals surface area (Å²) < 4.78 is 6.22. The highest BCUT2D eigenvalue weighted by Crippen LogP contribution is 2.30. The van der Waals surface area contributed by atoms with E-state index in [4.69, 9.17) is 4.52 Å². The number of aliphatic hydroxyl groups is 1. The van der Waals surface area contributed by atoms with Crippen molar-refractivity contribution >= 4 is 27.3 Å². The topological polar surface area (TPSA) is 59.2 Å². The number of thiophene rings is 1. The van der Waals surface area contributed by atoms with Gasteiger partial charge in [-0.1, -0.05) is 12.1 Å². The van der Waals surface area contributed by atoms with Gasteiger partial charge in [0, 0.05) is 9.85 Å². The van der Waals surface area contributed by atoms with E-state index in [1.807, 2.05) is 18.4 Å². The van der Waals surface area contributed by atoms with Crippen LogP contribution in [0.3, 0.4) is 0 Å². The number of hydrogen-bond donors (Lipinski definition) is 1. The summed E-state index contributed by atoms with van der Waals surface area (Å²) in [6.07, 6.45) is 0.288. The third kappa shape index (κ3) is 2.75. The lowest BCUT2D eigenvalue weighted by atomic mass is 10.0. The van der Waals surface area contributed by atoms with E-state index < -0.39 is 6.10 Å². The number of aromatic nitrogens is 2. The molecule has 2 atom stereocenters. The van der Waals surface area contributed by atoms with E-state index in [2.05, 4.69) is 26.1 Å². The van der Waals surface area contributed by atoms with Crippen LogP contribution >= 0.6 is 27.3 Å². The van der Waals surface area contributed by atoms with Gasteiger partial charge in [-0.05, 0) is 35.3 Å². The second-order valence-electron chi connectivity index (χ2n) is 3.84. The van der Waals surface area contributed by atoms with Gasteiger partial charge in [0.25, 0.3) is 0 Å². The van der Waals surface area contributed by atoms with Crippen LogP contribution in [0.25, 0.3) is 10.7 Å². The number of aliphatic hydroxyl groups excluding tert-OH is 1. The number of hydrogen-bond acceptors (Lipinski definition) is 5. The van der Waals surface area contributed by atoms with Crippen LogP contribution in [0.5, 0.6) is 0 Å². The highest BCUT2D eigenvalue weighted by molar-refractivity contribution is 9.10. The van der Waals surface area contributed by atoms with Crippen molar-refractivity contribution in [3.8, 4) is 10.7 Å². The quantitative estimate of drug-likeness (QED) is 0.938. The van der Waals surface area contributed by atoms with Crippen molar-refractivity contribution in [2.45, 2.75) is 32.3 Å². The van der Waals surface area contributed by atoms with Crippen LogP contribution in [0.1, 0.15) is 32.1 Å². The molecule has 0 aliphatic rings. The Kier molecular flexibility index (Phi) is 3.96. The minimum atomic E-state index is -0.483. The van der Waals surface area contributed by atoms with E-state index in [1.54, 1.807) is 18.3 Å². The van der Waals surface area contributed by atoms with Crippen LogP contribution in [0.4, 0.5) is 0 Å². The highest BCUT2D eigenvalue weighted by atomic mass is 79.9. The summed E-state index contributed by atoms with van der Waals surface area (Å²) >= 11 is 4.94. The van der Waals surface area contributed by atoms with E-state index in [0.29, 0.717) is 11.7 Å². The summed E-state index contributed by atoms with van der Waals surface area (Å²) in [6.45, 7) is 3.72. The molecule has 2 heterocycles. The van der Waals surface area contributed by atoms with E-state index >= 15 is 0 Å². The molecule has 2 rings (SSSR count). The molecular weight excluding hydrogens is 304 g/mol. The second kappa shape index (κ2) is 5.29. The Morgan fingerprint density at radius 3 is 2.88 bits per heavy atom. The van der Waals surface area contributed by atoms with Crippen molar-refractivity contribution in [2.75, 3.05) is 0 Å². The number of halogens is 1. The molecule has 2 aromatic rings. The zero-order chi connectivity index (χ0) is 12.4. The first-order valence-electron chi connectivity index (χ1n) is 5.38. The van der Waals surface area contributed by atoms with E-state index in [9.17, 15) is 5.11 Å². The molecule has 0 aliphatic carbocycles. The average Bonchev–Trinajstić information content (AvgIpc) is 2.87. The highest BCUT2D eigenvalue weighted by Gasteiger charge is 2.22. The van der Waals surface area contributed by atoms with Crippen molar-refractivity contribution in [1.29, 1.82) is 0 Å². The third-order valence-corrected chi connectivity index (χ3v) is 4.26. The molecule has 0 aliphatic heterocycles. The van der Waals surface area contributed by atoms with E-state index in [1.165, 1.54) is 0 Å². The predicted molar refractivity (Wildman–Crippen MR) is 70.0 cm³/mol. The fraction of sp³-hybridized carbons (Fsp3) is 0.455. The zero-order valence-corrected chi connectivity index (χ0v) is 12.0. The Balaban J connectivity index is 2.26. The number of nitrogens with zero attached hydrogens (tertiary/aromatic N) is 2. The minimum Gasteiger partial charge on any atom is -0.393 e. The fourth-order valence-corrected chi connectivity index (χ4v) is 2.99. The maximum absolute atomic E-state index is 9.62. The van der Waals surface area contributed by atoms with Crippen LogP contribution < -0.4 is 0 Å². The first-order chi connectivity index (χ1) is 8.11. The minimum absolute atomic E-state index is 0.0975. The van der Waals surface area contributed by atoms with Gasteiger partial charge in [-0.2, -0.15) is 4.98 Å². The van der Waals surface area contributed by atoms with Gasteiger partial charge in [0.1, 0.15) is 0 Å². The average molecular weight is 317 g/mol. The lowest BCUT2D eigenvalue weighted by molar-refractivity contribution is 0.141. The van der Waals surface area contributed by atoms with Crippen LogP contribution in [-0.4, -0.2) is 21.4 Å². The standard InChI is InChI=1S/C11H13BrN2O2S/c1-3-8(6(2)15)11-13-10(14-16-11)9-4-7(12)5-17-9/h4-6,8,15H,3H2,1-2H3. The van der Waals surface area contributed by atoms with Crippen molar-refractivity contribution in [1.82, 2.24) is 10.1 Å². The Morgan fingerprint density at radius 2 is 2.35 bits per heavy atom. The second-order valence-corrected chi connectivity index (χ2v) is 5.67. The predicted octanol–water partition coefficient (Wildman–Crippen LogP) is 3.44. The molecule has 4 nitrogen and oxygen atoms in total. The summed E-state index contributed by atoms with van der Waals surface area (Å²) in [5.74, 6) is 0.983. The molecule has 1 N–H and O–H groups in total. The van der Waals surface area contributed by atoms with Gasteiger partial charge in [0.2, 0.25) is 11.7 Å². The maximum atomic E-state index is 9.62. The van der Waals surface area contributed by atoms with Gasteiger partial charge < -0.3 is 9.63 Å². The molecule has 0 fully saturated rings. The van der Waals surface area contributed by atoms with E-state index in [0.717, 1.165) is 15.8 Å². The Hall–Kier alpha value is -0.720. The normalized spacial score (nSPS) is 14.8. The summed E-state index contributed by atoms with van der Waals surface area (Å²) in [5, 5.41) is 15.5. The summed E-state index contributed by atoms with van der Waals surface area (Å²) in [7, 11) is 0. The molecule has 2 unspecified atom stereocenters. The zero-order valence-electron chi connectivity index (χ0n) is 9.55. The lowest BCUT2D eigenvalue weighted by Crippen LogP contribution is -2.13. The van der Waals surface area contributed by atoms with Gasteiger partial charge in [-0.15, -0.1) is 11.3 Å². The first-order valence-corrected chi connectivity index (χ1v) is 7.05. The molecule has 2 aromatic heterocycles. The Morgan fingerprint density at radius 1 is 1.59 bits per heavy atom. The SMILES string of the molecule is CCC(c1nc(-c2cc(Br)cs2)no1)C(C)O. The molecule has 0 amide bonds. The van der Waals surface area contributed by atoms with Crippen LogP contribution in [0.15, 0.2) is 20.4 Å². The Bertz CT molecular complexity index is 495. The molecule has 6 heteroatoms. The molecule has 0 saturated carbocycles. The van der Waals surface area contributed by atoms with Crippen molar-refractivity contribution in [2.24, 2.45) is 0 Å². The van der Waals surface area contributed by atoms with Gasteiger partial charge in [-0.3, -0.25) is 0 Å². The molecule has 0 bridgehead atoms. The van der Waals surface area contributed by atoms with Crippen LogP contribution in [-0.2, 0) is 0 Å². The first kappa shape index (κ1) is 12.7. The largest absolute Gasteiger partial charge is 0.393 e. The monoisotopic (exact) mass is 316 g/mol. The van der Waals surface area contributed by atoms with Gasteiger partial charge in [-0.25, -0.2) is 0 Å². The van der Waals surface area contributed by atoms with Gasteiger partial charge in [0.15, 0.2) is 0 Å². The smallest absolute Gasteiger partial charge is 0.232 e. The molecule has 0 radical (unpaired) electrons. The van der Waals surface area contributed by atoms with Crippen molar-refractivity contribution in [3.63, 3.8) is 0 Å². The molecule has 92 valence electrons. The summed E-state index contributed by atoms with van der Waals surface area (Å²) in [5.41, 5.74) is 0. The van der Waals surface area contributed by atoms with Crippen LogP contribution in [0.2, 0.25) is 0 Å². The summed E-state index contributed by atoms with van der Waals surface area (Å²) in [4.78, 5) is 5.29. The van der Waals surface area contributed by atoms with Crippen LogP contribution in [0, 0.1) is 0 Å². The van der Waals surface area contributed by atoms with E-state index in [-0.39, 0.29) is 5.92 Å². The summed E-state index contributed by atoms with van der Waals surface area (Å²) in [6, 6.07) is 1.95. The number of rotatable bonds is 4. The molecule has 17 heavy (non-hydrogen) atoms. The lowest BCUT2D eigenvalue weighted by Gasteiger charge is -2.12. The van der Waals surface area contributed by atoms with Gasteiger partial charge in [0.05, 0.1) is 16.9 Å². The Labute approximate surface area is 112 Å². The molecule has 0 saturated heterocycles. The fourth-order valence-electron chi connectivity index (χ4n) is 1.64. The van der Waals surface area contributed by atoms with Gasteiger partial charge >= 0.3 is 0 Å². The molecular formula is C11H13BrN2O2S. The molecule has 0 aromatic carbocycles.